The van der Waals surface area contributed by atoms with Gasteiger partial charge in [-0.1, -0.05) is 24.3 Å². The van der Waals surface area contributed by atoms with E-state index < -0.39 is 0 Å². The van der Waals surface area contributed by atoms with Gasteiger partial charge in [0.1, 0.15) is 11.9 Å². The van der Waals surface area contributed by atoms with E-state index in [0.717, 1.165) is 29.4 Å². The molecule has 1 saturated heterocycles. The third-order valence-corrected chi connectivity index (χ3v) is 4.81. The van der Waals surface area contributed by atoms with Crippen LogP contribution in [0.2, 0.25) is 0 Å². The number of hydrogen-bond acceptors (Lipinski definition) is 5. The summed E-state index contributed by atoms with van der Waals surface area (Å²) in [5.74, 6) is 0.832. The van der Waals surface area contributed by atoms with Crippen molar-refractivity contribution in [2.24, 2.45) is 0 Å². The third-order valence-electron chi connectivity index (χ3n) is 4.81. The van der Waals surface area contributed by atoms with Crippen LogP contribution in [-0.4, -0.2) is 47.0 Å². The Kier molecular flexibility index (Phi) is 8.96. The highest BCUT2D eigenvalue weighted by Gasteiger charge is 2.29. The van der Waals surface area contributed by atoms with Gasteiger partial charge in [-0.3, -0.25) is 4.79 Å². The van der Waals surface area contributed by atoms with Crippen molar-refractivity contribution in [1.29, 1.82) is 5.26 Å². The second kappa shape index (κ2) is 10.5. The molecule has 0 bridgehead atoms. The molecule has 1 aromatic carbocycles. The van der Waals surface area contributed by atoms with Gasteiger partial charge in [-0.15, -0.1) is 24.8 Å². The van der Waals surface area contributed by atoms with Crippen LogP contribution in [0.15, 0.2) is 36.5 Å². The van der Waals surface area contributed by atoms with Gasteiger partial charge < -0.3 is 15.5 Å². The number of hydrogen-bond donors (Lipinski definition) is 2. The Morgan fingerprint density at radius 3 is 2.82 bits per heavy atom. The van der Waals surface area contributed by atoms with Crippen molar-refractivity contribution >= 4 is 47.3 Å². The minimum Gasteiger partial charge on any atom is -0.368 e. The molecule has 28 heavy (non-hydrogen) atoms. The van der Waals surface area contributed by atoms with Crippen LogP contribution >= 0.6 is 24.8 Å². The molecule has 0 radical (unpaired) electrons. The Bertz CT molecular complexity index is 831. The normalized spacial score (nSPS) is 16.0. The molecule has 1 aliphatic heterocycles. The average Bonchev–Trinajstić information content (AvgIpc) is 3.13. The minimum atomic E-state index is -0.295. The van der Waals surface area contributed by atoms with E-state index in [-0.39, 0.29) is 48.8 Å². The molecule has 3 rings (SSSR count). The first kappa shape index (κ1) is 24.0. The summed E-state index contributed by atoms with van der Waals surface area (Å²) in [4.78, 5) is 18.5. The summed E-state index contributed by atoms with van der Waals surface area (Å²) in [6.07, 6.45) is 3.48. The SMILES string of the molecule is CC(C)(CNc1nccc2ccccc12)NCC(=O)N1CCC[C@H]1C#N.Cl.Cl. The first-order valence-corrected chi connectivity index (χ1v) is 9.02. The maximum atomic E-state index is 12.4. The van der Waals surface area contributed by atoms with Crippen LogP contribution in [-0.2, 0) is 4.79 Å². The molecule has 1 amide bonds. The number of nitrogens with zero attached hydrogens (tertiary/aromatic N) is 3. The summed E-state index contributed by atoms with van der Waals surface area (Å²) < 4.78 is 0. The van der Waals surface area contributed by atoms with E-state index in [1.807, 2.05) is 38.1 Å². The van der Waals surface area contributed by atoms with E-state index in [9.17, 15) is 4.79 Å². The standard InChI is InChI=1S/C20H25N5O.2ClH/c1-20(2,24-13-18(26)25-11-5-7-16(25)12-21)14-23-19-17-8-4-3-6-15(17)9-10-22-19;;/h3-4,6,8-10,16,24H,5,7,11,13-14H2,1-2H3,(H,22,23);2*1H/t16-;;/m0../s1. The molecule has 0 saturated carbocycles. The Balaban J connectivity index is 0.00000196. The Morgan fingerprint density at radius 2 is 2.07 bits per heavy atom. The molecule has 152 valence electrons. The van der Waals surface area contributed by atoms with Crippen molar-refractivity contribution in [1.82, 2.24) is 15.2 Å². The highest BCUT2D eigenvalue weighted by atomic mass is 35.5. The summed E-state index contributed by atoms with van der Waals surface area (Å²) in [5.41, 5.74) is -0.295. The van der Waals surface area contributed by atoms with Gasteiger partial charge in [-0.25, -0.2) is 4.98 Å². The lowest BCUT2D eigenvalue weighted by atomic mass is 10.1. The number of carbonyl (C=O) groups excluding carboxylic acids is 1. The Hall–Kier alpha value is -2.07. The summed E-state index contributed by atoms with van der Waals surface area (Å²) in [6, 6.07) is 12.0. The maximum absolute atomic E-state index is 12.4. The van der Waals surface area contributed by atoms with Crippen LogP contribution < -0.4 is 10.6 Å². The number of nitrogens with one attached hydrogen (secondary N) is 2. The molecule has 0 spiro atoms. The third kappa shape index (κ3) is 5.71. The number of halogens is 2. The molecule has 1 aromatic heterocycles. The van der Waals surface area contributed by atoms with Crippen LogP contribution in [0, 0.1) is 11.3 Å². The van der Waals surface area contributed by atoms with Gasteiger partial charge in [0.05, 0.1) is 12.6 Å². The molecule has 2 aromatic rings. The van der Waals surface area contributed by atoms with Gasteiger partial charge in [0.2, 0.25) is 5.91 Å². The number of pyridine rings is 1. The summed E-state index contributed by atoms with van der Waals surface area (Å²) >= 11 is 0. The lowest BCUT2D eigenvalue weighted by Gasteiger charge is -2.28. The van der Waals surface area contributed by atoms with Crippen molar-refractivity contribution in [3.8, 4) is 6.07 Å². The molecular weight excluding hydrogens is 397 g/mol. The van der Waals surface area contributed by atoms with Crippen molar-refractivity contribution in [3.05, 3.63) is 36.5 Å². The van der Waals surface area contributed by atoms with Gasteiger partial charge in [0.15, 0.2) is 0 Å². The highest BCUT2D eigenvalue weighted by Crippen LogP contribution is 2.21. The summed E-state index contributed by atoms with van der Waals surface area (Å²) in [6.45, 7) is 5.63. The zero-order valence-electron chi connectivity index (χ0n) is 16.1. The number of fused-ring (bicyclic) bond motifs is 1. The largest absolute Gasteiger partial charge is 0.368 e. The van der Waals surface area contributed by atoms with E-state index >= 15 is 0 Å². The molecule has 0 unspecified atom stereocenters. The number of benzene rings is 1. The van der Waals surface area contributed by atoms with E-state index in [0.29, 0.717) is 13.1 Å². The second-order valence-electron chi connectivity index (χ2n) is 7.35. The smallest absolute Gasteiger partial charge is 0.237 e. The van der Waals surface area contributed by atoms with Gasteiger partial charge in [0.25, 0.3) is 0 Å². The Morgan fingerprint density at radius 1 is 1.32 bits per heavy atom. The fraction of sp³-hybridized carbons (Fsp3) is 0.450. The number of likely N-dealkylation sites (tertiary alicyclic amines) is 1. The average molecular weight is 424 g/mol. The van der Waals surface area contributed by atoms with Gasteiger partial charge in [-0.05, 0) is 38.1 Å². The van der Waals surface area contributed by atoms with Crippen LogP contribution in [0.5, 0.6) is 0 Å². The Labute approximate surface area is 178 Å². The van der Waals surface area contributed by atoms with E-state index in [2.05, 4.69) is 27.8 Å². The van der Waals surface area contributed by atoms with Gasteiger partial charge >= 0.3 is 0 Å². The molecule has 8 heteroatoms. The van der Waals surface area contributed by atoms with Crippen molar-refractivity contribution in [3.63, 3.8) is 0 Å². The van der Waals surface area contributed by atoms with Crippen LogP contribution in [0.4, 0.5) is 5.82 Å². The first-order valence-electron chi connectivity index (χ1n) is 9.02. The van der Waals surface area contributed by atoms with Crippen molar-refractivity contribution in [2.45, 2.75) is 38.3 Å². The fourth-order valence-corrected chi connectivity index (χ4v) is 3.24. The molecular formula is C20H27Cl2N5O. The predicted octanol–water partition coefficient (Wildman–Crippen LogP) is 3.37. The molecule has 1 fully saturated rings. The quantitative estimate of drug-likeness (QED) is 0.743. The topological polar surface area (TPSA) is 81.1 Å². The second-order valence-corrected chi connectivity index (χ2v) is 7.35. The van der Waals surface area contributed by atoms with Crippen molar-refractivity contribution in [2.75, 3.05) is 25.0 Å². The molecule has 0 aliphatic carbocycles. The van der Waals surface area contributed by atoms with Crippen LogP contribution in [0.1, 0.15) is 26.7 Å². The highest BCUT2D eigenvalue weighted by molar-refractivity contribution is 5.91. The number of carbonyl (C=O) groups is 1. The summed E-state index contributed by atoms with van der Waals surface area (Å²) in [7, 11) is 0. The van der Waals surface area contributed by atoms with E-state index in [4.69, 9.17) is 5.26 Å². The first-order chi connectivity index (χ1) is 12.5. The lowest BCUT2D eigenvalue weighted by Crippen LogP contribution is -2.50. The molecule has 6 nitrogen and oxygen atoms in total. The molecule has 1 aliphatic rings. The minimum absolute atomic E-state index is 0. The zero-order chi connectivity index (χ0) is 18.6. The van der Waals surface area contributed by atoms with Gasteiger partial charge in [-0.2, -0.15) is 5.26 Å². The van der Waals surface area contributed by atoms with Crippen molar-refractivity contribution < 1.29 is 4.79 Å². The maximum Gasteiger partial charge on any atom is 0.237 e. The number of aromatic nitrogens is 1. The lowest BCUT2D eigenvalue weighted by molar-refractivity contribution is -0.130. The molecule has 2 heterocycles. The number of amides is 1. The predicted molar refractivity (Wildman–Crippen MR) is 117 cm³/mol. The number of anilines is 1. The zero-order valence-corrected chi connectivity index (χ0v) is 17.8. The fourth-order valence-electron chi connectivity index (χ4n) is 3.24. The van der Waals surface area contributed by atoms with E-state index in [1.54, 1.807) is 11.1 Å². The number of rotatable bonds is 6. The van der Waals surface area contributed by atoms with Crippen LogP contribution in [0.25, 0.3) is 10.8 Å². The van der Waals surface area contributed by atoms with Gasteiger partial charge in [0, 0.05) is 30.2 Å². The van der Waals surface area contributed by atoms with E-state index in [1.165, 1.54) is 0 Å². The summed E-state index contributed by atoms with van der Waals surface area (Å²) in [5, 5.41) is 18.0. The monoisotopic (exact) mass is 423 g/mol. The molecule has 2 N–H and O–H groups in total. The molecule has 1 atom stereocenters. The number of nitriles is 1. The van der Waals surface area contributed by atoms with Crippen LogP contribution in [0.3, 0.4) is 0 Å².